The molecule has 0 radical (unpaired) electrons. The predicted molar refractivity (Wildman–Crippen MR) is 78.9 cm³/mol. The van der Waals surface area contributed by atoms with Crippen molar-refractivity contribution in [2.75, 3.05) is 0 Å². The van der Waals surface area contributed by atoms with Gasteiger partial charge in [-0.05, 0) is 30.7 Å². The van der Waals surface area contributed by atoms with Crippen LogP contribution in [0.4, 0.5) is 0 Å². The van der Waals surface area contributed by atoms with Crippen LogP contribution in [-0.2, 0) is 16.6 Å². The molecule has 0 saturated heterocycles. The molecular formula is C13H16ClN3O2S. The van der Waals surface area contributed by atoms with E-state index in [1.54, 1.807) is 25.1 Å². The summed E-state index contributed by atoms with van der Waals surface area (Å²) in [6.45, 7) is 2.03. The summed E-state index contributed by atoms with van der Waals surface area (Å²) in [6, 6.07) is 8.22. The molecule has 0 bridgehead atoms. The molecule has 2 rings (SSSR count). The van der Waals surface area contributed by atoms with E-state index in [-0.39, 0.29) is 17.5 Å². The molecule has 4 N–H and O–H groups in total. The van der Waals surface area contributed by atoms with Crippen molar-refractivity contribution < 1.29 is 8.42 Å². The highest BCUT2D eigenvalue weighted by Crippen LogP contribution is 2.20. The zero-order valence-electron chi connectivity index (χ0n) is 10.9. The molecule has 7 heteroatoms. The maximum absolute atomic E-state index is 12.2. The molecule has 1 aromatic heterocycles. The molecule has 2 aromatic rings. The Bertz CT molecular complexity index is 697. The SMILES string of the molecule is CC(NS(=O)(=O)c1c[nH]c(CN)c1)c1cccc(Cl)c1. The second-order valence-corrected chi connectivity index (χ2v) is 6.61. The van der Waals surface area contributed by atoms with E-state index in [4.69, 9.17) is 17.3 Å². The Morgan fingerprint density at radius 3 is 2.75 bits per heavy atom. The number of benzene rings is 1. The molecule has 0 aliphatic heterocycles. The van der Waals surface area contributed by atoms with Crippen molar-refractivity contribution in [2.24, 2.45) is 5.73 Å². The molecule has 0 fully saturated rings. The monoisotopic (exact) mass is 313 g/mol. The zero-order valence-corrected chi connectivity index (χ0v) is 12.5. The summed E-state index contributed by atoms with van der Waals surface area (Å²) in [5.74, 6) is 0. The second kappa shape index (κ2) is 5.97. The first kappa shape index (κ1) is 15.1. The van der Waals surface area contributed by atoms with Crippen LogP contribution in [0.25, 0.3) is 0 Å². The fraction of sp³-hybridized carbons (Fsp3) is 0.231. The molecule has 1 heterocycles. The minimum Gasteiger partial charge on any atom is -0.363 e. The summed E-state index contributed by atoms with van der Waals surface area (Å²) in [7, 11) is -3.59. The average molecular weight is 314 g/mol. The Labute approximate surface area is 123 Å². The van der Waals surface area contributed by atoms with Gasteiger partial charge in [0.1, 0.15) is 0 Å². The molecule has 1 atom stereocenters. The topological polar surface area (TPSA) is 88.0 Å². The summed E-state index contributed by atoms with van der Waals surface area (Å²) in [5, 5.41) is 0.570. The Balaban J connectivity index is 2.19. The Kier molecular flexibility index (Phi) is 4.49. The molecule has 1 unspecified atom stereocenters. The fourth-order valence-corrected chi connectivity index (χ4v) is 3.28. The lowest BCUT2D eigenvalue weighted by molar-refractivity contribution is 0.567. The Morgan fingerprint density at radius 1 is 1.40 bits per heavy atom. The third kappa shape index (κ3) is 3.40. The highest BCUT2D eigenvalue weighted by atomic mass is 35.5. The van der Waals surface area contributed by atoms with Crippen molar-refractivity contribution >= 4 is 21.6 Å². The summed E-state index contributed by atoms with van der Waals surface area (Å²) in [6.07, 6.45) is 1.43. The molecule has 0 aliphatic carbocycles. The van der Waals surface area contributed by atoms with Gasteiger partial charge in [-0.1, -0.05) is 23.7 Å². The van der Waals surface area contributed by atoms with Gasteiger partial charge in [0.05, 0.1) is 4.90 Å². The van der Waals surface area contributed by atoms with E-state index >= 15 is 0 Å². The molecule has 1 aromatic carbocycles. The quantitative estimate of drug-likeness (QED) is 0.790. The van der Waals surface area contributed by atoms with Gasteiger partial charge in [-0.2, -0.15) is 0 Å². The third-order valence-electron chi connectivity index (χ3n) is 2.93. The average Bonchev–Trinajstić information content (AvgIpc) is 2.87. The van der Waals surface area contributed by atoms with E-state index in [9.17, 15) is 8.42 Å². The Hall–Kier alpha value is -1.34. The molecule has 0 amide bonds. The first-order valence-corrected chi connectivity index (χ1v) is 7.93. The van der Waals surface area contributed by atoms with Crippen LogP contribution in [0.15, 0.2) is 41.4 Å². The normalized spacial score (nSPS) is 13.3. The molecule has 0 aliphatic rings. The minimum atomic E-state index is -3.59. The highest BCUT2D eigenvalue weighted by molar-refractivity contribution is 7.89. The first-order valence-electron chi connectivity index (χ1n) is 6.07. The van der Waals surface area contributed by atoms with E-state index in [1.165, 1.54) is 12.3 Å². The standard InChI is InChI=1S/C13H16ClN3O2S/c1-9(10-3-2-4-11(14)5-10)17-20(18,19)13-6-12(7-15)16-8-13/h2-6,8-9,16-17H,7,15H2,1H3. The van der Waals surface area contributed by atoms with Crippen molar-refractivity contribution in [3.8, 4) is 0 Å². The van der Waals surface area contributed by atoms with Crippen molar-refractivity contribution in [3.63, 3.8) is 0 Å². The lowest BCUT2D eigenvalue weighted by Gasteiger charge is -2.14. The summed E-state index contributed by atoms with van der Waals surface area (Å²) in [5.41, 5.74) is 6.92. The molecule has 108 valence electrons. The molecule has 20 heavy (non-hydrogen) atoms. The van der Waals surface area contributed by atoms with Gasteiger partial charge in [-0.15, -0.1) is 0 Å². The highest BCUT2D eigenvalue weighted by Gasteiger charge is 2.19. The second-order valence-electron chi connectivity index (χ2n) is 4.46. The van der Waals surface area contributed by atoms with Crippen molar-refractivity contribution in [1.29, 1.82) is 0 Å². The Morgan fingerprint density at radius 2 is 2.15 bits per heavy atom. The zero-order chi connectivity index (χ0) is 14.8. The summed E-state index contributed by atoms with van der Waals surface area (Å²) >= 11 is 5.90. The van der Waals surface area contributed by atoms with Crippen LogP contribution in [0.3, 0.4) is 0 Å². The largest absolute Gasteiger partial charge is 0.363 e. The van der Waals surface area contributed by atoms with Gasteiger partial charge in [0, 0.05) is 29.5 Å². The predicted octanol–water partition coefficient (Wildman–Crippen LogP) is 2.17. The number of nitrogens with one attached hydrogen (secondary N) is 2. The lowest BCUT2D eigenvalue weighted by Crippen LogP contribution is -2.26. The van der Waals surface area contributed by atoms with E-state index < -0.39 is 10.0 Å². The van der Waals surface area contributed by atoms with E-state index in [0.29, 0.717) is 10.7 Å². The number of hydrogen-bond acceptors (Lipinski definition) is 3. The van der Waals surface area contributed by atoms with Crippen LogP contribution < -0.4 is 10.5 Å². The van der Waals surface area contributed by atoms with Gasteiger partial charge in [-0.25, -0.2) is 13.1 Å². The van der Waals surface area contributed by atoms with E-state index in [0.717, 1.165) is 5.56 Å². The summed E-state index contributed by atoms with van der Waals surface area (Å²) < 4.78 is 27.1. The van der Waals surface area contributed by atoms with Crippen LogP contribution in [0.5, 0.6) is 0 Å². The van der Waals surface area contributed by atoms with Crippen molar-refractivity contribution in [2.45, 2.75) is 24.4 Å². The van der Waals surface area contributed by atoms with Gasteiger partial charge in [0.15, 0.2) is 0 Å². The van der Waals surface area contributed by atoms with Gasteiger partial charge >= 0.3 is 0 Å². The maximum atomic E-state index is 12.2. The molecular weight excluding hydrogens is 298 g/mol. The van der Waals surface area contributed by atoms with E-state index in [2.05, 4.69) is 9.71 Å². The van der Waals surface area contributed by atoms with Crippen LogP contribution in [0.1, 0.15) is 24.2 Å². The van der Waals surface area contributed by atoms with Gasteiger partial charge < -0.3 is 10.7 Å². The third-order valence-corrected chi connectivity index (χ3v) is 4.68. The number of nitrogens with two attached hydrogens (primary N) is 1. The van der Waals surface area contributed by atoms with Crippen LogP contribution in [0.2, 0.25) is 5.02 Å². The van der Waals surface area contributed by atoms with Gasteiger partial charge in [-0.3, -0.25) is 0 Å². The molecule has 0 saturated carbocycles. The number of rotatable bonds is 5. The smallest absolute Gasteiger partial charge is 0.242 e. The number of halogens is 1. The lowest BCUT2D eigenvalue weighted by atomic mass is 10.1. The molecule has 5 nitrogen and oxygen atoms in total. The minimum absolute atomic E-state index is 0.173. The van der Waals surface area contributed by atoms with Crippen molar-refractivity contribution in [1.82, 2.24) is 9.71 Å². The van der Waals surface area contributed by atoms with Crippen LogP contribution >= 0.6 is 11.6 Å². The van der Waals surface area contributed by atoms with Crippen LogP contribution in [-0.4, -0.2) is 13.4 Å². The van der Waals surface area contributed by atoms with Crippen molar-refractivity contribution in [3.05, 3.63) is 52.8 Å². The summed E-state index contributed by atoms with van der Waals surface area (Å²) in [4.78, 5) is 2.99. The number of H-pyrrole nitrogens is 1. The molecule has 0 spiro atoms. The van der Waals surface area contributed by atoms with E-state index in [1.807, 2.05) is 6.07 Å². The maximum Gasteiger partial charge on any atom is 0.242 e. The number of aromatic nitrogens is 1. The number of sulfonamides is 1. The first-order chi connectivity index (χ1) is 9.42. The van der Waals surface area contributed by atoms with Crippen LogP contribution in [0, 0.1) is 0 Å². The number of hydrogen-bond donors (Lipinski definition) is 3. The fourth-order valence-electron chi connectivity index (χ4n) is 1.84. The van der Waals surface area contributed by atoms with Gasteiger partial charge in [0.2, 0.25) is 10.0 Å². The van der Waals surface area contributed by atoms with Gasteiger partial charge in [0.25, 0.3) is 0 Å². The number of aromatic amines is 1.